The largest absolute Gasteiger partial charge is 0.481 e. The lowest BCUT2D eigenvalue weighted by atomic mass is 9.85. The first-order valence-corrected chi connectivity index (χ1v) is 7.05. The maximum absolute atomic E-state index is 11.8. The third-order valence-electron chi connectivity index (χ3n) is 3.66. The summed E-state index contributed by atoms with van der Waals surface area (Å²) in [6.07, 6.45) is 3.82. The molecule has 0 radical (unpaired) electrons. The highest BCUT2D eigenvalue weighted by molar-refractivity contribution is 7.09. The topological polar surface area (TPSA) is 91.3 Å². The molecule has 1 aliphatic rings. The van der Waals surface area contributed by atoms with Crippen LogP contribution in [-0.2, 0) is 11.3 Å². The molecule has 2 unspecified atom stereocenters. The number of amides is 2. The van der Waals surface area contributed by atoms with Crippen LogP contribution >= 0.6 is 11.3 Å². The van der Waals surface area contributed by atoms with Crippen LogP contribution in [0.25, 0.3) is 0 Å². The van der Waals surface area contributed by atoms with E-state index >= 15 is 0 Å². The van der Waals surface area contributed by atoms with Crippen LogP contribution in [-0.4, -0.2) is 28.1 Å². The van der Waals surface area contributed by atoms with Gasteiger partial charge in [-0.3, -0.25) is 9.78 Å². The average molecular weight is 283 g/mol. The minimum Gasteiger partial charge on any atom is -0.481 e. The van der Waals surface area contributed by atoms with Gasteiger partial charge in [-0.05, 0) is 19.8 Å². The maximum atomic E-state index is 11.8. The molecule has 0 aliphatic heterocycles. The van der Waals surface area contributed by atoms with E-state index in [9.17, 15) is 14.7 Å². The molecule has 1 aromatic heterocycles. The molecule has 1 aromatic rings. The Bertz CT molecular complexity index is 463. The monoisotopic (exact) mass is 283 g/mol. The van der Waals surface area contributed by atoms with Crippen molar-refractivity contribution in [2.75, 3.05) is 0 Å². The van der Waals surface area contributed by atoms with Gasteiger partial charge in [-0.15, -0.1) is 11.3 Å². The number of aromatic nitrogens is 1. The molecule has 0 saturated heterocycles. The van der Waals surface area contributed by atoms with Crippen molar-refractivity contribution in [3.8, 4) is 0 Å². The minimum atomic E-state index is -0.859. The zero-order valence-electron chi connectivity index (χ0n) is 10.7. The van der Waals surface area contributed by atoms with Crippen molar-refractivity contribution in [1.29, 1.82) is 0 Å². The molecule has 2 amide bonds. The molecule has 2 rings (SSSR count). The third kappa shape index (κ3) is 3.04. The van der Waals surface area contributed by atoms with Gasteiger partial charge in [-0.1, -0.05) is 6.42 Å². The summed E-state index contributed by atoms with van der Waals surface area (Å²) >= 11 is 1.46. The zero-order chi connectivity index (χ0) is 13.9. The lowest BCUT2D eigenvalue weighted by Gasteiger charge is -2.27. The van der Waals surface area contributed by atoms with Crippen molar-refractivity contribution in [2.45, 2.75) is 38.8 Å². The van der Waals surface area contributed by atoms with E-state index in [1.807, 2.05) is 0 Å². The van der Waals surface area contributed by atoms with Crippen molar-refractivity contribution in [3.63, 3.8) is 0 Å². The second-order valence-electron chi connectivity index (χ2n) is 4.96. The Balaban J connectivity index is 1.86. The molecular formula is C12H17N3O3S. The van der Waals surface area contributed by atoms with Crippen LogP contribution in [0.4, 0.5) is 4.79 Å². The molecule has 19 heavy (non-hydrogen) atoms. The summed E-state index contributed by atoms with van der Waals surface area (Å²) in [4.78, 5) is 27.9. The Morgan fingerprint density at radius 1 is 1.63 bits per heavy atom. The molecule has 7 heteroatoms. The van der Waals surface area contributed by atoms with Crippen LogP contribution < -0.4 is 10.6 Å². The van der Waals surface area contributed by atoms with Crippen molar-refractivity contribution in [1.82, 2.24) is 15.6 Å². The summed E-state index contributed by atoms with van der Waals surface area (Å²) in [5.74, 6) is -0.849. The van der Waals surface area contributed by atoms with E-state index in [1.165, 1.54) is 11.3 Å². The third-order valence-corrected chi connectivity index (χ3v) is 4.44. The highest BCUT2D eigenvalue weighted by Gasteiger charge is 2.45. The number of aliphatic carboxylic acids is 1. The van der Waals surface area contributed by atoms with Gasteiger partial charge in [-0.25, -0.2) is 4.79 Å². The fourth-order valence-electron chi connectivity index (χ4n) is 2.36. The van der Waals surface area contributed by atoms with Gasteiger partial charge < -0.3 is 15.7 Å². The minimum absolute atomic E-state index is 0.313. The van der Waals surface area contributed by atoms with E-state index in [0.29, 0.717) is 19.4 Å². The number of thiazole rings is 1. The van der Waals surface area contributed by atoms with E-state index in [-0.39, 0.29) is 12.1 Å². The number of nitrogens with zero attached hydrogens (tertiary/aromatic N) is 1. The summed E-state index contributed by atoms with van der Waals surface area (Å²) in [6, 6.07) is -0.640. The lowest BCUT2D eigenvalue weighted by Crippen LogP contribution is -2.50. The average Bonchev–Trinajstić information content (AvgIpc) is 2.98. The highest BCUT2D eigenvalue weighted by atomic mass is 32.1. The first-order valence-electron chi connectivity index (χ1n) is 6.17. The molecule has 6 nitrogen and oxygen atoms in total. The van der Waals surface area contributed by atoms with Gasteiger partial charge in [0.1, 0.15) is 0 Å². The Labute approximate surface area is 115 Å². The molecule has 1 fully saturated rings. The van der Waals surface area contributed by atoms with Gasteiger partial charge in [-0.2, -0.15) is 0 Å². The zero-order valence-corrected chi connectivity index (χ0v) is 11.5. The lowest BCUT2D eigenvalue weighted by molar-refractivity contribution is -0.148. The molecule has 0 bridgehead atoms. The van der Waals surface area contributed by atoms with E-state index in [1.54, 1.807) is 18.6 Å². The number of carboxylic acid groups (broad SMARTS) is 1. The fourth-order valence-corrected chi connectivity index (χ4v) is 2.89. The maximum Gasteiger partial charge on any atom is 0.315 e. The van der Waals surface area contributed by atoms with Crippen LogP contribution in [0, 0.1) is 5.41 Å². The number of carbonyl (C=O) groups excluding carboxylic acids is 1. The van der Waals surface area contributed by atoms with Crippen LogP contribution in [0.2, 0.25) is 0 Å². The van der Waals surface area contributed by atoms with Gasteiger partial charge in [0.2, 0.25) is 0 Å². The molecule has 0 aromatic carbocycles. The molecule has 104 valence electrons. The fraction of sp³-hybridized carbons (Fsp3) is 0.583. The Morgan fingerprint density at radius 3 is 3.05 bits per heavy atom. The number of carboxylic acids is 1. The Kier molecular flexibility index (Phi) is 4.04. The Morgan fingerprint density at radius 2 is 2.42 bits per heavy atom. The summed E-state index contributed by atoms with van der Waals surface area (Å²) in [5.41, 5.74) is 0.842. The summed E-state index contributed by atoms with van der Waals surface area (Å²) in [7, 11) is 0. The normalized spacial score (nSPS) is 26.1. The Hall–Kier alpha value is -1.63. The van der Waals surface area contributed by atoms with E-state index in [2.05, 4.69) is 15.6 Å². The van der Waals surface area contributed by atoms with Crippen LogP contribution in [0.3, 0.4) is 0 Å². The summed E-state index contributed by atoms with van der Waals surface area (Å²) in [5, 5.41) is 14.7. The number of urea groups is 1. The van der Waals surface area contributed by atoms with Crippen LogP contribution in [0.5, 0.6) is 0 Å². The summed E-state index contributed by atoms with van der Waals surface area (Å²) < 4.78 is 0. The molecular weight excluding hydrogens is 266 g/mol. The standard InChI is InChI=1S/C12H17N3O3S/c1-12(10(16)17)4-2-3-9(12)15-11(18)14-6-8-5-13-7-19-8/h5,7,9H,2-4,6H2,1H3,(H,16,17)(H2,14,15,18). The quantitative estimate of drug-likeness (QED) is 0.782. The SMILES string of the molecule is CC1(C(=O)O)CCCC1NC(=O)NCc1cncs1. The van der Waals surface area contributed by atoms with Gasteiger partial charge in [0.05, 0.1) is 17.5 Å². The second-order valence-corrected chi connectivity index (χ2v) is 5.93. The summed E-state index contributed by atoms with van der Waals surface area (Å²) in [6.45, 7) is 2.10. The van der Waals surface area contributed by atoms with Gasteiger partial charge in [0.25, 0.3) is 0 Å². The molecule has 1 aliphatic carbocycles. The number of nitrogens with one attached hydrogen (secondary N) is 2. The van der Waals surface area contributed by atoms with Crippen molar-refractivity contribution >= 4 is 23.3 Å². The van der Waals surface area contributed by atoms with Crippen molar-refractivity contribution in [2.24, 2.45) is 5.41 Å². The molecule has 0 spiro atoms. The van der Waals surface area contributed by atoms with Crippen molar-refractivity contribution < 1.29 is 14.7 Å². The van der Waals surface area contributed by atoms with Gasteiger partial charge in [0, 0.05) is 17.1 Å². The number of hydrogen-bond acceptors (Lipinski definition) is 4. The predicted molar refractivity (Wildman–Crippen MR) is 70.9 cm³/mol. The van der Waals surface area contributed by atoms with Gasteiger partial charge >= 0.3 is 12.0 Å². The van der Waals surface area contributed by atoms with E-state index in [4.69, 9.17) is 0 Å². The van der Waals surface area contributed by atoms with Crippen molar-refractivity contribution in [3.05, 3.63) is 16.6 Å². The second kappa shape index (κ2) is 5.56. The first kappa shape index (κ1) is 13.8. The number of rotatable bonds is 4. The smallest absolute Gasteiger partial charge is 0.315 e. The molecule has 1 saturated carbocycles. The van der Waals surface area contributed by atoms with Gasteiger partial charge in [0.15, 0.2) is 0 Å². The van der Waals surface area contributed by atoms with Crippen LogP contribution in [0.15, 0.2) is 11.7 Å². The molecule has 1 heterocycles. The van der Waals surface area contributed by atoms with E-state index in [0.717, 1.165) is 11.3 Å². The first-order chi connectivity index (χ1) is 9.02. The highest BCUT2D eigenvalue weighted by Crippen LogP contribution is 2.38. The number of carbonyl (C=O) groups is 2. The van der Waals surface area contributed by atoms with Crippen LogP contribution in [0.1, 0.15) is 31.1 Å². The predicted octanol–water partition coefficient (Wildman–Crippen LogP) is 1.59. The van der Waals surface area contributed by atoms with E-state index < -0.39 is 11.4 Å². The molecule has 3 N–H and O–H groups in total. The number of hydrogen-bond donors (Lipinski definition) is 3. The molecule has 2 atom stereocenters.